The van der Waals surface area contributed by atoms with E-state index < -0.39 is 0 Å². The van der Waals surface area contributed by atoms with E-state index in [1.54, 1.807) is 6.07 Å². The van der Waals surface area contributed by atoms with E-state index in [-0.39, 0.29) is 34.4 Å². The van der Waals surface area contributed by atoms with Gasteiger partial charge in [-0.2, -0.15) is 0 Å². The third kappa shape index (κ3) is 3.09. The Morgan fingerprint density at radius 3 is 2.64 bits per heavy atom. The highest BCUT2D eigenvalue weighted by Crippen LogP contribution is 2.49. The molecular formula is C21H24BrNO2. The summed E-state index contributed by atoms with van der Waals surface area (Å²) in [7, 11) is 0. The molecule has 4 heteroatoms. The maximum absolute atomic E-state index is 10.3. The molecule has 2 N–H and O–H groups in total. The minimum Gasteiger partial charge on any atom is -0.504 e. The van der Waals surface area contributed by atoms with Crippen molar-refractivity contribution in [3.8, 4) is 11.5 Å². The Balaban J connectivity index is 0.00000182. The molecule has 2 aromatic carbocycles. The molecule has 0 bridgehead atoms. The van der Waals surface area contributed by atoms with Crippen LogP contribution in [0.2, 0.25) is 0 Å². The number of benzene rings is 2. The molecule has 0 saturated carbocycles. The molecule has 0 aromatic heterocycles. The maximum atomic E-state index is 10.3. The fraction of sp³-hybridized carbons (Fsp3) is 0.333. The van der Waals surface area contributed by atoms with Crippen LogP contribution in [0, 0.1) is 0 Å². The number of hydrogen-bond acceptors (Lipinski definition) is 3. The van der Waals surface area contributed by atoms with Crippen molar-refractivity contribution >= 4 is 17.0 Å². The van der Waals surface area contributed by atoms with Gasteiger partial charge in [0, 0.05) is 31.1 Å². The second-order valence-corrected chi connectivity index (χ2v) is 6.93. The van der Waals surface area contributed by atoms with Crippen molar-refractivity contribution in [1.82, 2.24) is 4.90 Å². The van der Waals surface area contributed by atoms with Gasteiger partial charge in [-0.25, -0.2) is 0 Å². The van der Waals surface area contributed by atoms with E-state index >= 15 is 0 Å². The highest BCUT2D eigenvalue weighted by molar-refractivity contribution is 8.93. The van der Waals surface area contributed by atoms with Gasteiger partial charge in [-0.05, 0) is 41.5 Å². The summed E-state index contributed by atoms with van der Waals surface area (Å²) in [6.45, 7) is 6.66. The van der Waals surface area contributed by atoms with Crippen LogP contribution in [0.4, 0.5) is 0 Å². The molecule has 0 fully saturated rings. The van der Waals surface area contributed by atoms with Gasteiger partial charge in [0.25, 0.3) is 0 Å². The van der Waals surface area contributed by atoms with Crippen LogP contribution in [-0.4, -0.2) is 34.7 Å². The van der Waals surface area contributed by atoms with Crippen LogP contribution >= 0.6 is 17.0 Å². The molecule has 4 rings (SSSR count). The summed E-state index contributed by atoms with van der Waals surface area (Å²) in [6, 6.07) is 12.3. The molecule has 0 saturated heterocycles. The lowest BCUT2D eigenvalue weighted by Gasteiger charge is -2.25. The van der Waals surface area contributed by atoms with E-state index in [0.717, 1.165) is 38.0 Å². The third-order valence-corrected chi connectivity index (χ3v) is 5.49. The van der Waals surface area contributed by atoms with E-state index in [9.17, 15) is 10.2 Å². The first-order chi connectivity index (χ1) is 11.7. The predicted molar refractivity (Wildman–Crippen MR) is 106 cm³/mol. The summed E-state index contributed by atoms with van der Waals surface area (Å²) < 4.78 is 0. The van der Waals surface area contributed by atoms with Gasteiger partial charge in [0.15, 0.2) is 11.5 Å². The number of phenols is 2. The van der Waals surface area contributed by atoms with Crippen LogP contribution in [0.1, 0.15) is 40.5 Å². The minimum atomic E-state index is 0. The monoisotopic (exact) mass is 401 g/mol. The SMILES string of the molecule is Br.C=CCN1C[C@H]2CCc3c(O)c(O)cc(c32)[C@H](c2ccccc2)C1. The average molecular weight is 402 g/mol. The number of halogens is 1. The Bertz CT molecular complexity index is 775. The average Bonchev–Trinajstić information content (AvgIpc) is 2.94. The molecule has 1 aliphatic carbocycles. The van der Waals surface area contributed by atoms with E-state index in [0.29, 0.717) is 5.92 Å². The molecule has 3 nitrogen and oxygen atoms in total. The Kier molecular flexibility index (Phi) is 5.21. The van der Waals surface area contributed by atoms with Gasteiger partial charge < -0.3 is 10.2 Å². The van der Waals surface area contributed by atoms with E-state index in [4.69, 9.17) is 0 Å². The maximum Gasteiger partial charge on any atom is 0.160 e. The van der Waals surface area contributed by atoms with Crippen LogP contribution in [0.15, 0.2) is 49.1 Å². The molecule has 1 heterocycles. The second-order valence-electron chi connectivity index (χ2n) is 6.93. The van der Waals surface area contributed by atoms with Crippen molar-refractivity contribution < 1.29 is 10.2 Å². The lowest BCUT2D eigenvalue weighted by molar-refractivity contribution is 0.283. The topological polar surface area (TPSA) is 43.7 Å². The van der Waals surface area contributed by atoms with Crippen molar-refractivity contribution in [2.24, 2.45) is 0 Å². The van der Waals surface area contributed by atoms with Gasteiger partial charge in [-0.3, -0.25) is 4.90 Å². The fourth-order valence-electron chi connectivity index (χ4n) is 4.46. The van der Waals surface area contributed by atoms with Crippen LogP contribution in [0.25, 0.3) is 0 Å². The zero-order chi connectivity index (χ0) is 16.7. The summed E-state index contributed by atoms with van der Waals surface area (Å²) in [6.07, 6.45) is 3.84. The van der Waals surface area contributed by atoms with Crippen LogP contribution < -0.4 is 0 Å². The largest absolute Gasteiger partial charge is 0.504 e. The summed E-state index contributed by atoms with van der Waals surface area (Å²) in [5, 5.41) is 20.6. The minimum absolute atomic E-state index is 0. The number of nitrogens with zero attached hydrogens (tertiary/aromatic N) is 1. The highest BCUT2D eigenvalue weighted by Gasteiger charge is 2.36. The third-order valence-electron chi connectivity index (χ3n) is 5.49. The Morgan fingerprint density at radius 2 is 1.92 bits per heavy atom. The molecule has 2 aliphatic rings. The molecule has 0 radical (unpaired) electrons. The van der Waals surface area contributed by atoms with Crippen molar-refractivity contribution in [3.05, 3.63) is 71.3 Å². The predicted octanol–water partition coefficient (Wildman–Crippen LogP) is 4.34. The first-order valence-electron chi connectivity index (χ1n) is 8.64. The Labute approximate surface area is 159 Å². The lowest BCUT2D eigenvalue weighted by atomic mass is 9.85. The Morgan fingerprint density at radius 1 is 1.16 bits per heavy atom. The van der Waals surface area contributed by atoms with Crippen molar-refractivity contribution in [2.75, 3.05) is 19.6 Å². The summed E-state index contributed by atoms with van der Waals surface area (Å²) in [5.74, 6) is 0.729. The number of hydrogen-bond donors (Lipinski definition) is 2. The van der Waals surface area contributed by atoms with Gasteiger partial charge >= 0.3 is 0 Å². The lowest BCUT2D eigenvalue weighted by Crippen LogP contribution is -2.30. The first kappa shape index (κ1) is 18.0. The molecule has 0 spiro atoms. The second kappa shape index (κ2) is 7.22. The molecule has 1 aliphatic heterocycles. The van der Waals surface area contributed by atoms with Gasteiger partial charge in [-0.1, -0.05) is 36.4 Å². The molecular weight excluding hydrogens is 378 g/mol. The van der Waals surface area contributed by atoms with Gasteiger partial charge in [0.1, 0.15) is 0 Å². The highest BCUT2D eigenvalue weighted by atomic mass is 79.9. The van der Waals surface area contributed by atoms with Crippen molar-refractivity contribution in [3.63, 3.8) is 0 Å². The van der Waals surface area contributed by atoms with E-state index in [1.807, 2.05) is 12.1 Å². The molecule has 0 unspecified atom stereocenters. The van der Waals surface area contributed by atoms with Gasteiger partial charge in [-0.15, -0.1) is 23.6 Å². The smallest absolute Gasteiger partial charge is 0.160 e. The first-order valence-corrected chi connectivity index (χ1v) is 8.64. The van der Waals surface area contributed by atoms with Crippen LogP contribution in [0.5, 0.6) is 11.5 Å². The van der Waals surface area contributed by atoms with Crippen molar-refractivity contribution in [1.29, 1.82) is 0 Å². The molecule has 25 heavy (non-hydrogen) atoms. The summed E-state index contributed by atoms with van der Waals surface area (Å²) in [5.41, 5.74) is 4.66. The van der Waals surface area contributed by atoms with Gasteiger partial charge in [0.2, 0.25) is 0 Å². The number of rotatable bonds is 3. The molecule has 0 amide bonds. The molecule has 132 valence electrons. The number of phenolic OH excluding ortho intramolecular Hbond substituents is 2. The number of aromatic hydroxyl groups is 2. The van der Waals surface area contributed by atoms with Crippen molar-refractivity contribution in [2.45, 2.75) is 24.7 Å². The summed E-state index contributed by atoms with van der Waals surface area (Å²) >= 11 is 0. The van der Waals surface area contributed by atoms with Gasteiger partial charge in [0.05, 0.1) is 0 Å². The van der Waals surface area contributed by atoms with E-state index in [1.165, 1.54) is 16.7 Å². The summed E-state index contributed by atoms with van der Waals surface area (Å²) in [4.78, 5) is 2.44. The van der Waals surface area contributed by atoms with Crippen LogP contribution in [-0.2, 0) is 6.42 Å². The Hall–Kier alpha value is -1.78. The van der Waals surface area contributed by atoms with Crippen LogP contribution in [0.3, 0.4) is 0 Å². The fourth-order valence-corrected chi connectivity index (χ4v) is 4.46. The zero-order valence-corrected chi connectivity index (χ0v) is 15.9. The standard InChI is InChI=1S/C21H23NO2.BrH/c1-2-10-22-12-15-8-9-16-20(15)17(11-19(23)21(16)24)18(13-22)14-6-4-3-5-7-14;/h2-7,11,15,18,23-24H,1,8-10,12-13H2;1H/t15-,18+;/m1./s1. The zero-order valence-electron chi connectivity index (χ0n) is 14.2. The molecule has 2 atom stereocenters. The van der Waals surface area contributed by atoms with E-state index in [2.05, 4.69) is 35.7 Å². The normalized spacial score (nSPS) is 21.9. The molecule has 2 aromatic rings. The quantitative estimate of drug-likeness (QED) is 0.593.